The van der Waals surface area contributed by atoms with Gasteiger partial charge in [-0.2, -0.15) is 0 Å². The Balaban J connectivity index is 1.59. The van der Waals surface area contributed by atoms with Gasteiger partial charge >= 0.3 is 5.97 Å². The highest BCUT2D eigenvalue weighted by Crippen LogP contribution is 2.46. The molecule has 1 aromatic rings. The topological polar surface area (TPSA) is 63.2 Å². The highest BCUT2D eigenvalue weighted by Gasteiger charge is 2.54. The van der Waals surface area contributed by atoms with Gasteiger partial charge in [-0.05, 0) is 29.8 Å². The molecule has 134 valence electrons. The second-order valence-corrected chi connectivity index (χ2v) is 6.58. The number of benzene rings is 1. The van der Waals surface area contributed by atoms with E-state index in [2.05, 4.69) is 0 Å². The van der Waals surface area contributed by atoms with Crippen molar-refractivity contribution in [3.8, 4) is 5.75 Å². The minimum Gasteiger partial charge on any atom is -0.497 e. The van der Waals surface area contributed by atoms with Crippen LogP contribution in [0.2, 0.25) is 0 Å². The van der Waals surface area contributed by atoms with E-state index in [0.717, 1.165) is 17.7 Å². The number of esters is 1. The Morgan fingerprint density at radius 1 is 1.28 bits per heavy atom. The summed E-state index contributed by atoms with van der Waals surface area (Å²) >= 11 is 0. The molecule has 1 unspecified atom stereocenters. The molecule has 4 rings (SSSR count). The van der Waals surface area contributed by atoms with Crippen molar-refractivity contribution in [3.05, 3.63) is 42.0 Å². The van der Waals surface area contributed by atoms with Gasteiger partial charge in [-0.3, -0.25) is 4.79 Å². The Labute approximate surface area is 146 Å². The fourth-order valence-electron chi connectivity index (χ4n) is 3.74. The van der Waals surface area contributed by atoms with Gasteiger partial charge in [0.25, 0.3) is 0 Å². The molecule has 25 heavy (non-hydrogen) atoms. The monoisotopic (exact) mass is 346 g/mol. The van der Waals surface area contributed by atoms with Crippen molar-refractivity contribution >= 4 is 5.97 Å². The molecule has 6 nitrogen and oxygen atoms in total. The van der Waals surface area contributed by atoms with Gasteiger partial charge in [-0.25, -0.2) is 0 Å². The largest absolute Gasteiger partial charge is 0.497 e. The Kier molecular flexibility index (Phi) is 4.27. The second kappa shape index (κ2) is 6.44. The lowest BCUT2D eigenvalue weighted by Gasteiger charge is -2.53. The summed E-state index contributed by atoms with van der Waals surface area (Å²) in [5.41, 5.74) is 1.04. The van der Waals surface area contributed by atoms with Crippen molar-refractivity contribution in [3.63, 3.8) is 0 Å². The van der Waals surface area contributed by atoms with Crippen molar-refractivity contribution in [1.82, 2.24) is 0 Å². The zero-order chi connectivity index (χ0) is 17.4. The number of ether oxygens (including phenoxy) is 5. The summed E-state index contributed by atoms with van der Waals surface area (Å²) in [6.45, 7) is 2.02. The van der Waals surface area contributed by atoms with Crippen LogP contribution in [0.5, 0.6) is 5.75 Å². The molecule has 2 fully saturated rings. The lowest BCUT2D eigenvalue weighted by atomic mass is 9.89. The molecule has 0 aromatic heterocycles. The Morgan fingerprint density at radius 2 is 2.08 bits per heavy atom. The van der Waals surface area contributed by atoms with Crippen LogP contribution in [0.15, 0.2) is 36.4 Å². The molecule has 2 saturated heterocycles. The van der Waals surface area contributed by atoms with Crippen LogP contribution in [0.1, 0.15) is 31.4 Å². The van der Waals surface area contributed by atoms with E-state index in [9.17, 15) is 4.79 Å². The minimum absolute atomic E-state index is 0.0756. The normalized spacial score (nSPS) is 36.4. The number of carbonyl (C=O) groups is 1. The minimum atomic E-state index is -0.872. The molecular formula is C19H22O6. The van der Waals surface area contributed by atoms with E-state index in [1.54, 1.807) is 7.11 Å². The van der Waals surface area contributed by atoms with Crippen molar-refractivity contribution in [2.75, 3.05) is 13.7 Å². The standard InChI is InChI=1S/C19H22O6/c1-12(20)23-15-7-9-19-17(11-15)24-18(16(25-19)8-10-22-19)13-3-5-14(21-2)6-4-13/h3-7,9,15-18H,8,10-11H2,1-2H3/t15-,16-,17+,18?,19-/m1/s1. The fourth-order valence-corrected chi connectivity index (χ4v) is 3.74. The third-order valence-electron chi connectivity index (χ3n) is 4.91. The lowest BCUT2D eigenvalue weighted by molar-refractivity contribution is -0.377. The number of hydrogen-bond acceptors (Lipinski definition) is 6. The Morgan fingerprint density at radius 3 is 2.80 bits per heavy atom. The van der Waals surface area contributed by atoms with Gasteiger partial charge in [0.05, 0.1) is 19.8 Å². The van der Waals surface area contributed by atoms with E-state index in [0.29, 0.717) is 13.0 Å². The molecule has 0 amide bonds. The Bertz CT molecular complexity index is 669. The molecular weight excluding hydrogens is 324 g/mol. The molecule has 6 heteroatoms. The van der Waals surface area contributed by atoms with Crippen LogP contribution < -0.4 is 4.74 Å². The maximum Gasteiger partial charge on any atom is 0.303 e. The first-order chi connectivity index (χ1) is 12.1. The average molecular weight is 346 g/mol. The maximum absolute atomic E-state index is 11.3. The smallest absolute Gasteiger partial charge is 0.303 e. The maximum atomic E-state index is 11.3. The summed E-state index contributed by atoms with van der Waals surface area (Å²) in [6, 6.07) is 7.83. The van der Waals surface area contributed by atoms with Crippen LogP contribution in [0.4, 0.5) is 0 Å². The van der Waals surface area contributed by atoms with Gasteiger partial charge in [-0.15, -0.1) is 0 Å². The second-order valence-electron chi connectivity index (χ2n) is 6.58. The molecule has 0 saturated carbocycles. The molecule has 1 aliphatic carbocycles. The molecule has 0 N–H and O–H groups in total. The highest BCUT2D eigenvalue weighted by molar-refractivity contribution is 5.66. The van der Waals surface area contributed by atoms with Crippen LogP contribution in [0, 0.1) is 0 Å². The molecule has 2 bridgehead atoms. The Hall–Kier alpha value is -1.89. The molecule has 1 spiro atoms. The molecule has 2 heterocycles. The van der Waals surface area contributed by atoms with Crippen molar-refractivity contribution < 1.29 is 28.5 Å². The van der Waals surface area contributed by atoms with Crippen LogP contribution in [0.3, 0.4) is 0 Å². The van der Waals surface area contributed by atoms with E-state index in [1.807, 2.05) is 36.4 Å². The first-order valence-electron chi connectivity index (χ1n) is 8.57. The predicted octanol–water partition coefficient (Wildman–Crippen LogP) is 2.53. The van der Waals surface area contributed by atoms with E-state index in [4.69, 9.17) is 23.7 Å². The third kappa shape index (κ3) is 3.05. The fraction of sp³-hybridized carbons (Fsp3) is 0.526. The first-order valence-corrected chi connectivity index (χ1v) is 8.57. The van der Waals surface area contributed by atoms with Gasteiger partial charge in [0, 0.05) is 19.8 Å². The van der Waals surface area contributed by atoms with E-state index >= 15 is 0 Å². The van der Waals surface area contributed by atoms with Gasteiger partial charge < -0.3 is 23.7 Å². The molecule has 3 aliphatic rings. The molecule has 0 radical (unpaired) electrons. The zero-order valence-corrected chi connectivity index (χ0v) is 14.3. The van der Waals surface area contributed by atoms with Crippen molar-refractivity contribution in [2.45, 2.75) is 50.0 Å². The van der Waals surface area contributed by atoms with Gasteiger partial charge in [0.2, 0.25) is 5.79 Å². The zero-order valence-electron chi connectivity index (χ0n) is 14.3. The molecule has 1 aromatic carbocycles. The van der Waals surface area contributed by atoms with Gasteiger partial charge in [0.15, 0.2) is 0 Å². The quantitative estimate of drug-likeness (QED) is 0.619. The van der Waals surface area contributed by atoms with E-state index in [1.165, 1.54) is 6.92 Å². The average Bonchev–Trinajstić information content (AvgIpc) is 2.62. The van der Waals surface area contributed by atoms with Gasteiger partial charge in [-0.1, -0.05) is 12.1 Å². The van der Waals surface area contributed by atoms with Gasteiger partial charge in [0.1, 0.15) is 24.1 Å². The summed E-state index contributed by atoms with van der Waals surface area (Å²) in [5.74, 6) is -0.378. The van der Waals surface area contributed by atoms with E-state index < -0.39 is 5.79 Å². The SMILES string of the molecule is COc1ccc(C2O[C@H]3C[C@H](OC(C)=O)C=C[C@]34OCC[C@H]2O4)cc1. The summed E-state index contributed by atoms with van der Waals surface area (Å²) in [4.78, 5) is 11.3. The number of fused-ring (bicyclic) bond motifs is 1. The number of methoxy groups -OCH3 is 1. The molecule has 5 atom stereocenters. The van der Waals surface area contributed by atoms with Crippen molar-refractivity contribution in [1.29, 1.82) is 0 Å². The summed E-state index contributed by atoms with van der Waals surface area (Å²) in [5, 5.41) is 0. The van der Waals surface area contributed by atoms with Crippen LogP contribution >= 0.6 is 0 Å². The summed E-state index contributed by atoms with van der Waals surface area (Å²) in [7, 11) is 1.64. The van der Waals surface area contributed by atoms with Crippen LogP contribution in [-0.2, 0) is 23.7 Å². The third-order valence-corrected chi connectivity index (χ3v) is 4.91. The van der Waals surface area contributed by atoms with Crippen LogP contribution in [0.25, 0.3) is 0 Å². The number of hydrogen-bond donors (Lipinski definition) is 0. The number of carbonyl (C=O) groups excluding carboxylic acids is 1. The highest BCUT2D eigenvalue weighted by atomic mass is 16.8. The predicted molar refractivity (Wildman–Crippen MR) is 88.1 cm³/mol. The van der Waals surface area contributed by atoms with E-state index in [-0.39, 0.29) is 30.4 Å². The summed E-state index contributed by atoms with van der Waals surface area (Å²) < 4.78 is 29.1. The summed E-state index contributed by atoms with van der Waals surface area (Å²) in [6.07, 6.45) is 4.04. The van der Waals surface area contributed by atoms with Crippen LogP contribution in [-0.4, -0.2) is 43.8 Å². The number of rotatable bonds is 3. The lowest BCUT2D eigenvalue weighted by Crippen LogP contribution is -2.61. The molecule has 2 aliphatic heterocycles. The van der Waals surface area contributed by atoms with Crippen molar-refractivity contribution in [2.24, 2.45) is 0 Å². The first kappa shape index (κ1) is 16.6.